The average Bonchev–Trinajstić information content (AvgIpc) is 3.05. The first-order chi connectivity index (χ1) is 9.40. The van der Waals surface area contributed by atoms with Crippen LogP contribution in [0.15, 0.2) is 21.4 Å². The number of oxazole rings is 1. The Morgan fingerprint density at radius 1 is 1.11 bits per heavy atom. The minimum Gasteiger partial charge on any atom is -0.438 e. The lowest BCUT2D eigenvalue weighted by molar-refractivity contribution is 0.249. The van der Waals surface area contributed by atoms with E-state index in [0.717, 1.165) is 13.1 Å². The third-order valence-corrected chi connectivity index (χ3v) is 3.96. The number of hydrogen-bond donors (Lipinski definition) is 0. The van der Waals surface area contributed by atoms with Gasteiger partial charge in [0, 0.05) is 32.2 Å². The maximum atomic E-state index is 5.73. The summed E-state index contributed by atoms with van der Waals surface area (Å²) < 4.78 is 10.9. The van der Waals surface area contributed by atoms with E-state index in [2.05, 4.69) is 25.0 Å². The smallest absolute Gasteiger partial charge is 0.318 e. The third-order valence-electron chi connectivity index (χ3n) is 3.96. The van der Waals surface area contributed by atoms with Crippen molar-refractivity contribution in [2.75, 3.05) is 31.1 Å². The summed E-state index contributed by atoms with van der Waals surface area (Å²) in [6.07, 6.45) is 5.27. The van der Waals surface area contributed by atoms with E-state index in [0.29, 0.717) is 23.7 Å². The topological polar surface area (TPSA) is 71.4 Å². The van der Waals surface area contributed by atoms with Gasteiger partial charge in [0.1, 0.15) is 0 Å². The molecule has 3 aliphatic rings. The van der Waals surface area contributed by atoms with Gasteiger partial charge in [-0.2, -0.15) is 0 Å². The highest BCUT2D eigenvalue weighted by Crippen LogP contribution is 2.28. The van der Waals surface area contributed by atoms with Gasteiger partial charge in [-0.15, -0.1) is 5.10 Å². The number of aromatic nitrogens is 3. The fraction of sp³-hybridized carbons (Fsp3) is 0.583. The molecule has 3 fully saturated rings. The molecule has 5 heterocycles. The molecule has 2 aromatic rings. The van der Waals surface area contributed by atoms with Crippen molar-refractivity contribution in [3.8, 4) is 11.7 Å². The van der Waals surface area contributed by atoms with E-state index in [1.807, 2.05) is 0 Å². The molecule has 7 heteroatoms. The number of rotatable bonds is 2. The Kier molecular flexibility index (Phi) is 2.51. The molecule has 0 saturated carbocycles. The fourth-order valence-electron chi connectivity index (χ4n) is 2.89. The molecule has 5 rings (SSSR count). The summed E-state index contributed by atoms with van der Waals surface area (Å²) in [5.74, 6) is 0.910. The van der Waals surface area contributed by atoms with E-state index in [1.54, 1.807) is 6.20 Å². The van der Waals surface area contributed by atoms with Crippen LogP contribution in [0.1, 0.15) is 12.8 Å². The molecular formula is C12H15N5O2. The second-order valence-corrected chi connectivity index (χ2v) is 5.02. The van der Waals surface area contributed by atoms with Crippen molar-refractivity contribution in [1.82, 2.24) is 20.1 Å². The molecule has 0 atom stereocenters. The van der Waals surface area contributed by atoms with Gasteiger partial charge < -0.3 is 18.6 Å². The molecule has 3 saturated heterocycles. The summed E-state index contributed by atoms with van der Waals surface area (Å²) in [5, 5.41) is 8.20. The molecule has 0 unspecified atom stereocenters. The number of anilines is 1. The van der Waals surface area contributed by atoms with E-state index >= 15 is 0 Å². The fourth-order valence-corrected chi connectivity index (χ4v) is 2.89. The summed E-state index contributed by atoms with van der Waals surface area (Å²) in [5.41, 5.74) is 0. The van der Waals surface area contributed by atoms with Crippen molar-refractivity contribution in [3.63, 3.8) is 0 Å². The van der Waals surface area contributed by atoms with Crippen LogP contribution in [0.2, 0.25) is 0 Å². The van der Waals surface area contributed by atoms with Crippen LogP contribution >= 0.6 is 0 Å². The summed E-state index contributed by atoms with van der Waals surface area (Å²) in [4.78, 5) is 8.58. The van der Waals surface area contributed by atoms with Crippen molar-refractivity contribution in [2.24, 2.45) is 0 Å². The minimum absolute atomic E-state index is 0.395. The molecule has 100 valence electrons. The summed E-state index contributed by atoms with van der Waals surface area (Å²) in [6, 6.07) is 1.11. The predicted molar refractivity (Wildman–Crippen MR) is 66.6 cm³/mol. The number of nitrogens with zero attached hydrogens (tertiary/aromatic N) is 5. The molecule has 0 amide bonds. The van der Waals surface area contributed by atoms with Crippen LogP contribution in [0.5, 0.6) is 0 Å². The van der Waals surface area contributed by atoms with Crippen molar-refractivity contribution in [3.05, 3.63) is 12.6 Å². The van der Waals surface area contributed by atoms with Gasteiger partial charge in [0.15, 0.2) is 6.39 Å². The van der Waals surface area contributed by atoms with Gasteiger partial charge in [-0.25, -0.2) is 4.98 Å². The van der Waals surface area contributed by atoms with Crippen LogP contribution in [0.3, 0.4) is 0 Å². The minimum atomic E-state index is 0.395. The molecule has 3 aliphatic heterocycles. The standard InChI is InChI=1S/C12H15N5O2/c1-3-16-4-2-9(1)17(6-5-16)12-15-14-11(19-12)10-7-13-8-18-10/h7-9H,1-6H2. The van der Waals surface area contributed by atoms with E-state index in [1.165, 1.54) is 32.3 Å². The molecule has 19 heavy (non-hydrogen) atoms. The van der Waals surface area contributed by atoms with Crippen LogP contribution in [0.25, 0.3) is 11.7 Å². The van der Waals surface area contributed by atoms with Gasteiger partial charge in [-0.1, -0.05) is 5.10 Å². The SMILES string of the molecule is c1ncc(-c2nnc(N3CCN4CCC3CC4)o2)o1. The van der Waals surface area contributed by atoms with E-state index in [9.17, 15) is 0 Å². The zero-order valence-corrected chi connectivity index (χ0v) is 10.5. The summed E-state index contributed by atoms with van der Waals surface area (Å²) in [7, 11) is 0. The molecular weight excluding hydrogens is 246 g/mol. The maximum absolute atomic E-state index is 5.73. The van der Waals surface area contributed by atoms with Crippen LogP contribution < -0.4 is 4.90 Å². The van der Waals surface area contributed by atoms with Gasteiger partial charge in [0.2, 0.25) is 5.76 Å². The lowest BCUT2D eigenvalue weighted by Gasteiger charge is -2.29. The van der Waals surface area contributed by atoms with Crippen LogP contribution in [-0.2, 0) is 0 Å². The van der Waals surface area contributed by atoms with E-state index in [-0.39, 0.29) is 0 Å². The van der Waals surface area contributed by atoms with Gasteiger partial charge in [0.25, 0.3) is 5.89 Å². The normalized spacial score (nSPS) is 26.6. The molecule has 0 aromatic carbocycles. The largest absolute Gasteiger partial charge is 0.438 e. The lowest BCUT2D eigenvalue weighted by Crippen LogP contribution is -2.38. The van der Waals surface area contributed by atoms with Crippen molar-refractivity contribution >= 4 is 6.01 Å². The zero-order chi connectivity index (χ0) is 12.7. The second-order valence-electron chi connectivity index (χ2n) is 5.02. The second kappa shape index (κ2) is 4.34. The molecule has 7 nitrogen and oxygen atoms in total. The van der Waals surface area contributed by atoms with Crippen molar-refractivity contribution < 1.29 is 8.83 Å². The molecule has 2 bridgehead atoms. The van der Waals surface area contributed by atoms with Gasteiger partial charge in [-0.3, -0.25) is 0 Å². The first kappa shape index (κ1) is 11.0. The van der Waals surface area contributed by atoms with Crippen molar-refractivity contribution in [2.45, 2.75) is 18.9 Å². The number of piperidine rings is 1. The van der Waals surface area contributed by atoms with Crippen LogP contribution in [0, 0.1) is 0 Å². The molecule has 2 aromatic heterocycles. The van der Waals surface area contributed by atoms with E-state index in [4.69, 9.17) is 8.83 Å². The van der Waals surface area contributed by atoms with Gasteiger partial charge in [0.05, 0.1) is 6.20 Å². The van der Waals surface area contributed by atoms with Crippen molar-refractivity contribution in [1.29, 1.82) is 0 Å². The first-order valence-corrected chi connectivity index (χ1v) is 6.61. The van der Waals surface area contributed by atoms with Gasteiger partial charge >= 0.3 is 6.01 Å². The van der Waals surface area contributed by atoms with E-state index < -0.39 is 0 Å². The summed E-state index contributed by atoms with van der Waals surface area (Å²) in [6.45, 7) is 4.35. The molecule has 0 N–H and O–H groups in total. The summed E-state index contributed by atoms with van der Waals surface area (Å²) >= 11 is 0. The quantitative estimate of drug-likeness (QED) is 0.798. The molecule has 0 spiro atoms. The highest BCUT2D eigenvalue weighted by Gasteiger charge is 2.32. The monoisotopic (exact) mass is 261 g/mol. The Morgan fingerprint density at radius 2 is 2.00 bits per heavy atom. The average molecular weight is 261 g/mol. The maximum Gasteiger partial charge on any atom is 0.318 e. The van der Waals surface area contributed by atoms with Crippen LogP contribution in [0.4, 0.5) is 6.01 Å². The van der Waals surface area contributed by atoms with Gasteiger partial charge in [-0.05, 0) is 12.8 Å². The highest BCUT2D eigenvalue weighted by atomic mass is 16.4. The zero-order valence-electron chi connectivity index (χ0n) is 10.5. The Labute approximate surface area is 110 Å². The first-order valence-electron chi connectivity index (χ1n) is 6.61. The predicted octanol–water partition coefficient (Wildman–Crippen LogP) is 1.01. The Hall–Kier alpha value is -1.89. The lowest BCUT2D eigenvalue weighted by atomic mass is 10.1. The number of fused-ring (bicyclic) bond motifs is 4. The Balaban J connectivity index is 1.62. The Bertz CT molecular complexity index is 544. The highest BCUT2D eigenvalue weighted by molar-refractivity contribution is 5.43. The Morgan fingerprint density at radius 3 is 2.79 bits per heavy atom. The molecule has 0 radical (unpaired) electrons. The molecule has 0 aliphatic carbocycles. The number of hydrogen-bond acceptors (Lipinski definition) is 7. The van der Waals surface area contributed by atoms with Crippen LogP contribution in [-0.4, -0.2) is 52.3 Å². The third kappa shape index (κ3) is 1.90.